The second-order valence-electron chi connectivity index (χ2n) is 7.09. The van der Waals surface area contributed by atoms with Crippen molar-refractivity contribution >= 4 is 17.5 Å². The third-order valence-corrected chi connectivity index (χ3v) is 5.94. The van der Waals surface area contributed by atoms with Gasteiger partial charge in [0.1, 0.15) is 11.5 Å². The summed E-state index contributed by atoms with van der Waals surface area (Å²) in [4.78, 5) is 12.9. The third-order valence-electron chi connectivity index (χ3n) is 5.01. The van der Waals surface area contributed by atoms with E-state index in [0.29, 0.717) is 28.0 Å². The van der Waals surface area contributed by atoms with E-state index >= 15 is 0 Å². The molecule has 4 aromatic rings. The van der Waals surface area contributed by atoms with Gasteiger partial charge in [0.05, 0.1) is 31.1 Å². The van der Waals surface area contributed by atoms with Gasteiger partial charge in [-0.1, -0.05) is 53.7 Å². The first kappa shape index (κ1) is 21.6. The van der Waals surface area contributed by atoms with E-state index < -0.39 is 0 Å². The molecule has 162 valence electrons. The van der Waals surface area contributed by atoms with E-state index in [2.05, 4.69) is 10.2 Å². The summed E-state index contributed by atoms with van der Waals surface area (Å²) in [7, 11) is 3.19. The van der Waals surface area contributed by atoms with Gasteiger partial charge in [-0.05, 0) is 43.3 Å². The van der Waals surface area contributed by atoms with Gasteiger partial charge in [0.2, 0.25) is 0 Å². The van der Waals surface area contributed by atoms with Gasteiger partial charge in [-0.15, -0.1) is 10.2 Å². The van der Waals surface area contributed by atoms with Gasteiger partial charge in [-0.25, -0.2) is 0 Å². The minimum atomic E-state index is -0.0373. The number of carbonyl (C=O) groups is 1. The van der Waals surface area contributed by atoms with E-state index in [-0.39, 0.29) is 11.5 Å². The molecule has 0 fully saturated rings. The number of methoxy groups -OCH3 is 2. The van der Waals surface area contributed by atoms with Gasteiger partial charge >= 0.3 is 0 Å². The van der Waals surface area contributed by atoms with Crippen LogP contribution < -0.4 is 9.47 Å². The maximum Gasteiger partial charge on any atom is 0.196 e. The lowest BCUT2D eigenvalue weighted by atomic mass is 10.1. The van der Waals surface area contributed by atoms with Crippen molar-refractivity contribution in [3.05, 3.63) is 83.9 Å². The first-order valence-corrected chi connectivity index (χ1v) is 11.1. The molecule has 0 radical (unpaired) electrons. The number of nitrogens with zero attached hydrogens (tertiary/aromatic N) is 3. The van der Waals surface area contributed by atoms with Crippen LogP contribution in [-0.4, -0.2) is 40.5 Å². The van der Waals surface area contributed by atoms with E-state index in [1.807, 2.05) is 72.2 Å². The number of benzene rings is 3. The Morgan fingerprint density at radius 2 is 1.53 bits per heavy atom. The zero-order chi connectivity index (χ0) is 22.5. The van der Waals surface area contributed by atoms with Crippen LogP contribution >= 0.6 is 11.8 Å². The van der Waals surface area contributed by atoms with Crippen LogP contribution in [0.5, 0.6) is 11.5 Å². The van der Waals surface area contributed by atoms with Crippen molar-refractivity contribution in [2.75, 3.05) is 20.0 Å². The molecule has 3 aromatic carbocycles. The molecule has 0 bridgehead atoms. The Labute approximate surface area is 191 Å². The van der Waals surface area contributed by atoms with Crippen LogP contribution in [0.3, 0.4) is 0 Å². The number of rotatable bonds is 8. The van der Waals surface area contributed by atoms with E-state index in [4.69, 9.17) is 9.47 Å². The lowest BCUT2D eigenvalue weighted by Crippen LogP contribution is -2.06. The fourth-order valence-corrected chi connectivity index (χ4v) is 4.21. The predicted molar refractivity (Wildman–Crippen MR) is 126 cm³/mol. The number of ketones is 1. The molecule has 0 saturated heterocycles. The maximum absolute atomic E-state index is 12.9. The molecule has 0 aliphatic heterocycles. The summed E-state index contributed by atoms with van der Waals surface area (Å²) in [6.45, 7) is 2.04. The number of aryl methyl sites for hydroxylation is 1. The Hall–Kier alpha value is -3.58. The van der Waals surface area contributed by atoms with Gasteiger partial charge in [0.25, 0.3) is 0 Å². The van der Waals surface area contributed by atoms with Crippen molar-refractivity contribution in [3.63, 3.8) is 0 Å². The fraction of sp³-hybridized carbons (Fsp3) is 0.160. The quantitative estimate of drug-likeness (QED) is 0.273. The van der Waals surface area contributed by atoms with Crippen LogP contribution in [0, 0.1) is 6.92 Å². The molecule has 32 heavy (non-hydrogen) atoms. The summed E-state index contributed by atoms with van der Waals surface area (Å²) >= 11 is 1.34. The number of ether oxygens (including phenoxy) is 2. The predicted octanol–water partition coefficient (Wildman–Crippen LogP) is 5.23. The first-order chi connectivity index (χ1) is 15.6. The van der Waals surface area contributed by atoms with Gasteiger partial charge in [-0.3, -0.25) is 9.36 Å². The summed E-state index contributed by atoms with van der Waals surface area (Å²) < 4.78 is 12.8. The molecular formula is C25H23N3O3S. The number of carbonyl (C=O) groups excluding carboxylic acids is 1. The average molecular weight is 446 g/mol. The Morgan fingerprint density at radius 1 is 0.875 bits per heavy atom. The Balaban J connectivity index is 1.72. The van der Waals surface area contributed by atoms with Gasteiger partial charge in [-0.2, -0.15) is 0 Å². The monoisotopic (exact) mass is 445 g/mol. The summed E-state index contributed by atoms with van der Waals surface area (Å²) in [5, 5.41) is 9.49. The summed E-state index contributed by atoms with van der Waals surface area (Å²) in [5.74, 6) is 2.09. The lowest BCUT2D eigenvalue weighted by molar-refractivity contribution is 0.101. The average Bonchev–Trinajstić information content (AvgIpc) is 3.26. The largest absolute Gasteiger partial charge is 0.496 e. The highest BCUT2D eigenvalue weighted by Gasteiger charge is 2.20. The number of aromatic nitrogens is 3. The van der Waals surface area contributed by atoms with E-state index in [1.165, 1.54) is 11.8 Å². The number of thioether (sulfide) groups is 1. The third kappa shape index (κ3) is 4.38. The zero-order valence-electron chi connectivity index (χ0n) is 18.1. The first-order valence-electron chi connectivity index (χ1n) is 10.1. The van der Waals surface area contributed by atoms with Crippen LogP contribution in [0.2, 0.25) is 0 Å². The molecule has 1 aromatic heterocycles. The van der Waals surface area contributed by atoms with Crippen molar-refractivity contribution in [2.45, 2.75) is 12.1 Å². The molecule has 7 heteroatoms. The highest BCUT2D eigenvalue weighted by molar-refractivity contribution is 7.99. The minimum Gasteiger partial charge on any atom is -0.496 e. The number of para-hydroxylation sites is 2. The molecule has 0 saturated carbocycles. The van der Waals surface area contributed by atoms with Crippen molar-refractivity contribution in [1.29, 1.82) is 0 Å². The van der Waals surface area contributed by atoms with E-state index in [1.54, 1.807) is 26.4 Å². The molecule has 0 amide bonds. The van der Waals surface area contributed by atoms with Crippen LogP contribution in [0.15, 0.2) is 78.0 Å². The molecule has 0 atom stereocenters. The Morgan fingerprint density at radius 3 is 2.25 bits per heavy atom. The second-order valence-corrected chi connectivity index (χ2v) is 8.03. The standard InChI is InChI=1S/C25H23N3O3S/c1-17-12-14-18(15-13-17)28-24(20-9-5-7-11-23(20)31-3)26-27-25(28)32-16-21(29)19-8-4-6-10-22(19)30-2/h4-15H,16H2,1-3H3. The number of Topliss-reactive ketones (excluding diaryl/α,β-unsaturated/α-hetero) is 1. The van der Waals surface area contributed by atoms with Crippen LogP contribution in [0.1, 0.15) is 15.9 Å². The maximum atomic E-state index is 12.9. The lowest BCUT2D eigenvalue weighted by Gasteiger charge is -2.13. The molecule has 0 aliphatic rings. The van der Waals surface area contributed by atoms with Crippen molar-refractivity contribution in [1.82, 2.24) is 14.8 Å². The molecule has 0 spiro atoms. The second kappa shape index (κ2) is 9.70. The van der Waals surface area contributed by atoms with Crippen molar-refractivity contribution in [2.24, 2.45) is 0 Å². The molecular weight excluding hydrogens is 422 g/mol. The normalized spacial score (nSPS) is 10.7. The molecule has 0 aliphatic carbocycles. The van der Waals surface area contributed by atoms with Crippen molar-refractivity contribution < 1.29 is 14.3 Å². The molecule has 1 heterocycles. The van der Waals surface area contributed by atoms with Crippen LogP contribution in [0.4, 0.5) is 0 Å². The fourth-order valence-electron chi connectivity index (χ4n) is 3.38. The van der Waals surface area contributed by atoms with Crippen molar-refractivity contribution in [3.8, 4) is 28.6 Å². The molecule has 0 unspecified atom stereocenters. The summed E-state index contributed by atoms with van der Waals surface area (Å²) in [5.41, 5.74) is 3.44. The van der Waals surface area contributed by atoms with Gasteiger partial charge in [0.15, 0.2) is 16.8 Å². The molecule has 6 nitrogen and oxygen atoms in total. The van der Waals surface area contributed by atoms with E-state index in [0.717, 1.165) is 16.8 Å². The number of hydrogen-bond donors (Lipinski definition) is 0. The summed E-state index contributed by atoms with van der Waals surface area (Å²) in [6, 6.07) is 23.0. The highest BCUT2D eigenvalue weighted by atomic mass is 32.2. The SMILES string of the molecule is COc1ccccc1C(=O)CSc1nnc(-c2ccccc2OC)n1-c1ccc(C)cc1. The van der Waals surface area contributed by atoms with Gasteiger partial charge in [0, 0.05) is 5.69 Å². The Kier molecular flexibility index (Phi) is 6.56. The minimum absolute atomic E-state index is 0.0373. The Bertz CT molecular complexity index is 1240. The molecule has 4 rings (SSSR count). The van der Waals surface area contributed by atoms with Crippen LogP contribution in [0.25, 0.3) is 17.1 Å². The smallest absolute Gasteiger partial charge is 0.196 e. The zero-order valence-corrected chi connectivity index (χ0v) is 18.9. The van der Waals surface area contributed by atoms with E-state index in [9.17, 15) is 4.79 Å². The molecule has 0 N–H and O–H groups in total. The van der Waals surface area contributed by atoms with Crippen LogP contribution in [-0.2, 0) is 0 Å². The summed E-state index contributed by atoms with van der Waals surface area (Å²) in [6.07, 6.45) is 0. The topological polar surface area (TPSA) is 66.2 Å². The number of hydrogen-bond acceptors (Lipinski definition) is 6. The van der Waals surface area contributed by atoms with Gasteiger partial charge < -0.3 is 9.47 Å². The highest BCUT2D eigenvalue weighted by Crippen LogP contribution is 2.33.